The van der Waals surface area contributed by atoms with Gasteiger partial charge in [0.25, 0.3) is 5.91 Å². The van der Waals surface area contributed by atoms with Gasteiger partial charge in [-0.1, -0.05) is 18.2 Å². The van der Waals surface area contributed by atoms with Crippen LogP contribution < -0.4 is 15.0 Å². The van der Waals surface area contributed by atoms with E-state index in [-0.39, 0.29) is 12.5 Å². The topological polar surface area (TPSA) is 83.5 Å². The van der Waals surface area contributed by atoms with Crippen LogP contribution in [0.1, 0.15) is 11.1 Å². The summed E-state index contributed by atoms with van der Waals surface area (Å²) in [5.74, 6) is 2.88. The first kappa shape index (κ1) is 20.6. The number of piperazine rings is 1. The molecule has 31 heavy (non-hydrogen) atoms. The normalized spacial score (nSPS) is 13.7. The molecule has 0 saturated carbocycles. The molecule has 3 aromatic rings. The number of hydrogen-bond acceptors (Lipinski definition) is 7. The van der Waals surface area contributed by atoms with Crippen molar-refractivity contribution in [3.8, 4) is 5.75 Å². The van der Waals surface area contributed by atoms with Gasteiger partial charge in [0.05, 0.1) is 0 Å². The number of anilines is 3. The van der Waals surface area contributed by atoms with Crippen molar-refractivity contribution in [1.82, 2.24) is 20.1 Å². The van der Waals surface area contributed by atoms with Crippen molar-refractivity contribution in [2.75, 3.05) is 43.0 Å². The smallest absolute Gasteiger partial charge is 0.260 e. The van der Waals surface area contributed by atoms with Gasteiger partial charge in [0.1, 0.15) is 11.6 Å². The fourth-order valence-corrected chi connectivity index (χ4v) is 3.36. The largest absolute Gasteiger partial charge is 0.484 e. The fourth-order valence-electron chi connectivity index (χ4n) is 3.36. The Morgan fingerprint density at radius 3 is 2.45 bits per heavy atom. The van der Waals surface area contributed by atoms with Gasteiger partial charge >= 0.3 is 0 Å². The summed E-state index contributed by atoms with van der Waals surface area (Å²) in [6.45, 7) is 6.72. The summed E-state index contributed by atoms with van der Waals surface area (Å²) in [6, 6.07) is 15.4. The van der Waals surface area contributed by atoms with Gasteiger partial charge in [-0.15, -0.1) is 10.2 Å². The molecule has 0 bridgehead atoms. The van der Waals surface area contributed by atoms with Gasteiger partial charge in [-0.25, -0.2) is 4.98 Å². The van der Waals surface area contributed by atoms with E-state index in [9.17, 15) is 4.79 Å². The highest BCUT2D eigenvalue weighted by molar-refractivity contribution is 5.78. The van der Waals surface area contributed by atoms with E-state index in [1.807, 2.05) is 67.3 Å². The Morgan fingerprint density at radius 2 is 1.77 bits per heavy atom. The lowest BCUT2D eigenvalue weighted by Crippen LogP contribution is -2.50. The third-order valence-electron chi connectivity index (χ3n) is 5.13. The van der Waals surface area contributed by atoms with Crippen LogP contribution in [0, 0.1) is 13.8 Å². The summed E-state index contributed by atoms with van der Waals surface area (Å²) in [5.41, 5.74) is 2.21. The summed E-state index contributed by atoms with van der Waals surface area (Å²) in [6.07, 6.45) is 1.80. The van der Waals surface area contributed by atoms with E-state index in [1.165, 1.54) is 0 Å². The molecule has 0 aliphatic carbocycles. The Morgan fingerprint density at radius 1 is 0.968 bits per heavy atom. The number of pyridine rings is 1. The van der Waals surface area contributed by atoms with Crippen LogP contribution in [0.3, 0.4) is 0 Å². The molecule has 8 heteroatoms. The molecule has 0 spiro atoms. The van der Waals surface area contributed by atoms with Gasteiger partial charge in [0, 0.05) is 32.4 Å². The molecule has 1 aliphatic rings. The standard InChI is InChI=1S/C23H26N6O2/c1-17-4-3-5-19(14-17)31-16-23(30)29-12-10-28(11-13-29)22-9-8-21(26-27-22)25-20-7-6-18(2)15-24-20/h3-9,14-15H,10-13,16H2,1-2H3,(H,24,25,26). The first-order chi connectivity index (χ1) is 15.1. The number of amides is 1. The molecule has 0 atom stereocenters. The van der Waals surface area contributed by atoms with Crippen molar-refractivity contribution in [2.24, 2.45) is 0 Å². The molecular weight excluding hydrogens is 392 g/mol. The Labute approximate surface area is 181 Å². The molecule has 4 rings (SSSR count). The number of hydrogen-bond donors (Lipinski definition) is 1. The van der Waals surface area contributed by atoms with E-state index >= 15 is 0 Å². The second-order valence-electron chi connectivity index (χ2n) is 7.60. The highest BCUT2D eigenvalue weighted by atomic mass is 16.5. The Kier molecular flexibility index (Phi) is 6.26. The second-order valence-corrected chi connectivity index (χ2v) is 7.60. The number of aryl methyl sites for hydroxylation is 2. The number of nitrogens with one attached hydrogen (secondary N) is 1. The Bertz CT molecular complexity index is 1010. The van der Waals surface area contributed by atoms with Crippen LogP contribution in [0.15, 0.2) is 54.7 Å². The maximum absolute atomic E-state index is 12.5. The van der Waals surface area contributed by atoms with E-state index in [2.05, 4.69) is 25.4 Å². The van der Waals surface area contributed by atoms with Crippen LogP contribution in [0.5, 0.6) is 5.75 Å². The highest BCUT2D eigenvalue weighted by Gasteiger charge is 2.22. The number of benzene rings is 1. The summed E-state index contributed by atoms with van der Waals surface area (Å²) in [7, 11) is 0. The van der Waals surface area contributed by atoms with E-state index in [0.717, 1.165) is 28.5 Å². The number of carbonyl (C=O) groups is 1. The molecule has 8 nitrogen and oxygen atoms in total. The minimum absolute atomic E-state index is 0.00242. The molecular formula is C23H26N6O2. The number of nitrogens with zero attached hydrogens (tertiary/aromatic N) is 5. The Balaban J connectivity index is 1.26. The molecule has 3 heterocycles. The predicted molar refractivity (Wildman–Crippen MR) is 120 cm³/mol. The minimum Gasteiger partial charge on any atom is -0.484 e. The lowest BCUT2D eigenvalue weighted by Gasteiger charge is -2.35. The SMILES string of the molecule is Cc1ccc(Nc2ccc(N3CCN(C(=O)COc4cccc(C)c4)CC3)nn2)nc1. The van der Waals surface area contributed by atoms with Gasteiger partial charge in [0.2, 0.25) is 0 Å². The minimum atomic E-state index is -0.00242. The molecule has 160 valence electrons. The zero-order valence-corrected chi connectivity index (χ0v) is 17.8. The Hall–Kier alpha value is -3.68. The van der Waals surface area contributed by atoms with Gasteiger partial charge in [-0.2, -0.15) is 0 Å². The van der Waals surface area contributed by atoms with Crippen LogP contribution >= 0.6 is 0 Å². The van der Waals surface area contributed by atoms with E-state index in [0.29, 0.717) is 32.0 Å². The van der Waals surface area contributed by atoms with Crippen molar-refractivity contribution in [3.63, 3.8) is 0 Å². The molecule has 0 unspecified atom stereocenters. The van der Waals surface area contributed by atoms with Crippen molar-refractivity contribution in [3.05, 3.63) is 65.9 Å². The van der Waals surface area contributed by atoms with E-state index < -0.39 is 0 Å². The molecule has 0 radical (unpaired) electrons. The highest BCUT2D eigenvalue weighted by Crippen LogP contribution is 2.17. The molecule has 1 amide bonds. The van der Waals surface area contributed by atoms with Gasteiger partial charge in [0.15, 0.2) is 18.2 Å². The first-order valence-electron chi connectivity index (χ1n) is 10.3. The fraction of sp³-hybridized carbons (Fsp3) is 0.304. The van der Waals surface area contributed by atoms with Crippen LogP contribution in [-0.4, -0.2) is 58.8 Å². The number of aromatic nitrogens is 3. The molecule has 2 aromatic heterocycles. The number of rotatable bonds is 6. The summed E-state index contributed by atoms with van der Waals surface area (Å²) in [5, 5.41) is 11.7. The van der Waals surface area contributed by atoms with Crippen LogP contribution in [0.2, 0.25) is 0 Å². The van der Waals surface area contributed by atoms with Gasteiger partial charge in [-0.05, 0) is 55.3 Å². The van der Waals surface area contributed by atoms with Crippen molar-refractivity contribution < 1.29 is 9.53 Å². The maximum Gasteiger partial charge on any atom is 0.260 e. The number of carbonyl (C=O) groups excluding carboxylic acids is 1. The average molecular weight is 419 g/mol. The lowest BCUT2D eigenvalue weighted by molar-refractivity contribution is -0.133. The predicted octanol–water partition coefficient (Wildman–Crippen LogP) is 2.96. The third kappa shape index (κ3) is 5.48. The molecule has 1 aromatic carbocycles. The summed E-state index contributed by atoms with van der Waals surface area (Å²) >= 11 is 0. The number of ether oxygens (including phenoxy) is 1. The van der Waals surface area contributed by atoms with Crippen molar-refractivity contribution in [1.29, 1.82) is 0 Å². The average Bonchev–Trinajstić information content (AvgIpc) is 2.80. The van der Waals surface area contributed by atoms with Crippen LogP contribution in [0.25, 0.3) is 0 Å². The maximum atomic E-state index is 12.5. The third-order valence-corrected chi connectivity index (χ3v) is 5.13. The van der Waals surface area contributed by atoms with E-state index in [4.69, 9.17) is 4.74 Å². The quantitative estimate of drug-likeness (QED) is 0.659. The summed E-state index contributed by atoms with van der Waals surface area (Å²) < 4.78 is 5.64. The second kappa shape index (κ2) is 9.42. The van der Waals surface area contributed by atoms with Gasteiger partial charge < -0.3 is 19.9 Å². The van der Waals surface area contributed by atoms with Gasteiger partial charge in [-0.3, -0.25) is 4.79 Å². The first-order valence-corrected chi connectivity index (χ1v) is 10.3. The molecule has 1 fully saturated rings. The zero-order chi connectivity index (χ0) is 21.6. The lowest BCUT2D eigenvalue weighted by atomic mass is 10.2. The van der Waals surface area contributed by atoms with Crippen molar-refractivity contribution in [2.45, 2.75) is 13.8 Å². The molecule has 1 saturated heterocycles. The van der Waals surface area contributed by atoms with Crippen LogP contribution in [0.4, 0.5) is 17.5 Å². The molecule has 1 N–H and O–H groups in total. The molecule has 1 aliphatic heterocycles. The van der Waals surface area contributed by atoms with Crippen molar-refractivity contribution >= 4 is 23.4 Å². The monoisotopic (exact) mass is 418 g/mol. The zero-order valence-electron chi connectivity index (χ0n) is 17.8. The van der Waals surface area contributed by atoms with Crippen LogP contribution in [-0.2, 0) is 4.79 Å². The summed E-state index contributed by atoms with van der Waals surface area (Å²) in [4.78, 5) is 20.8. The van der Waals surface area contributed by atoms with E-state index in [1.54, 1.807) is 6.20 Å².